The zero-order chi connectivity index (χ0) is 19.9. The number of nitrogens with zero attached hydrogens (tertiary/aromatic N) is 2. The highest BCUT2D eigenvalue weighted by atomic mass is 19.1. The van der Waals surface area contributed by atoms with E-state index in [0.717, 1.165) is 16.8 Å². The van der Waals surface area contributed by atoms with Gasteiger partial charge in [0, 0.05) is 31.9 Å². The van der Waals surface area contributed by atoms with Crippen molar-refractivity contribution in [3.63, 3.8) is 0 Å². The largest absolute Gasteiger partial charge is 0.388 e. The predicted octanol–water partition coefficient (Wildman–Crippen LogP) is 2.29. The second-order valence-corrected chi connectivity index (χ2v) is 6.69. The zero-order valence-corrected chi connectivity index (χ0v) is 15.6. The summed E-state index contributed by atoms with van der Waals surface area (Å²) in [5.41, 5.74) is 2.70. The predicted molar refractivity (Wildman–Crippen MR) is 106 cm³/mol. The summed E-state index contributed by atoms with van der Waals surface area (Å²) in [4.78, 5) is 27.9. The van der Waals surface area contributed by atoms with Crippen molar-refractivity contribution < 1.29 is 19.1 Å². The number of para-hydroxylation sites is 1. The number of carbonyl (C=O) groups is 2. The molecule has 0 bridgehead atoms. The van der Waals surface area contributed by atoms with Gasteiger partial charge in [0.05, 0.1) is 6.42 Å². The van der Waals surface area contributed by atoms with Crippen LogP contribution in [0.2, 0.25) is 0 Å². The van der Waals surface area contributed by atoms with E-state index in [-0.39, 0.29) is 23.9 Å². The van der Waals surface area contributed by atoms with Crippen molar-refractivity contribution in [2.24, 2.45) is 0 Å². The summed E-state index contributed by atoms with van der Waals surface area (Å²) in [6.07, 6.45) is 3.35. The number of rotatable bonds is 6. The van der Waals surface area contributed by atoms with Crippen LogP contribution in [0.1, 0.15) is 11.1 Å². The molecular formula is C22H23FN2O3. The Labute approximate surface area is 163 Å². The summed E-state index contributed by atoms with van der Waals surface area (Å²) in [5, 5.41) is 8.86. The Hall–Kier alpha value is -2.99. The molecule has 0 atom stereocenters. The fraction of sp³-hybridized carbons (Fsp3) is 0.273. The highest BCUT2D eigenvalue weighted by Crippen LogP contribution is 2.23. The SMILES string of the molecule is O=C(/C=C/c1ccccc1N1CCN(C(=O)Cc2ccc(F)cc2)CC1)CO. The van der Waals surface area contributed by atoms with Crippen LogP contribution in [0.25, 0.3) is 6.08 Å². The van der Waals surface area contributed by atoms with E-state index in [1.54, 1.807) is 18.2 Å². The van der Waals surface area contributed by atoms with Crippen molar-refractivity contribution in [3.8, 4) is 0 Å². The summed E-state index contributed by atoms with van der Waals surface area (Å²) < 4.78 is 13.0. The highest BCUT2D eigenvalue weighted by molar-refractivity contribution is 5.95. The van der Waals surface area contributed by atoms with Crippen LogP contribution < -0.4 is 4.90 Å². The fourth-order valence-electron chi connectivity index (χ4n) is 3.24. The minimum absolute atomic E-state index is 0.0352. The molecule has 3 rings (SSSR count). The molecule has 1 fully saturated rings. The van der Waals surface area contributed by atoms with Gasteiger partial charge in [-0.2, -0.15) is 0 Å². The van der Waals surface area contributed by atoms with Crippen molar-refractivity contribution >= 4 is 23.5 Å². The van der Waals surface area contributed by atoms with Gasteiger partial charge in [0.2, 0.25) is 5.91 Å². The van der Waals surface area contributed by atoms with Crippen LogP contribution in [0, 0.1) is 5.82 Å². The lowest BCUT2D eigenvalue weighted by Crippen LogP contribution is -2.49. The summed E-state index contributed by atoms with van der Waals surface area (Å²) >= 11 is 0. The molecule has 0 saturated carbocycles. The van der Waals surface area contributed by atoms with E-state index < -0.39 is 6.61 Å². The summed E-state index contributed by atoms with van der Waals surface area (Å²) in [5.74, 6) is -0.614. The van der Waals surface area contributed by atoms with Crippen molar-refractivity contribution in [1.82, 2.24) is 4.90 Å². The third-order valence-corrected chi connectivity index (χ3v) is 4.78. The van der Waals surface area contributed by atoms with Crippen LogP contribution in [-0.2, 0) is 16.0 Å². The minimum atomic E-state index is -0.506. The smallest absolute Gasteiger partial charge is 0.227 e. The van der Waals surface area contributed by atoms with E-state index in [4.69, 9.17) is 5.11 Å². The molecule has 1 aliphatic rings. The third kappa shape index (κ3) is 5.04. The molecule has 28 heavy (non-hydrogen) atoms. The molecule has 0 spiro atoms. The van der Waals surface area contributed by atoms with E-state index in [0.29, 0.717) is 26.2 Å². The maximum Gasteiger partial charge on any atom is 0.227 e. The standard InChI is InChI=1S/C22H23FN2O3/c23-19-8-5-17(6-9-19)15-22(28)25-13-11-24(12-14-25)21-4-2-1-3-18(21)7-10-20(27)16-26/h1-10,26H,11-16H2/b10-7+. The topological polar surface area (TPSA) is 60.9 Å². The van der Waals surface area contributed by atoms with Crippen LogP contribution in [-0.4, -0.2) is 54.5 Å². The number of amides is 1. The highest BCUT2D eigenvalue weighted by Gasteiger charge is 2.22. The number of anilines is 1. The Kier molecular flexibility index (Phi) is 6.55. The maximum atomic E-state index is 13.0. The van der Waals surface area contributed by atoms with Crippen LogP contribution in [0.15, 0.2) is 54.6 Å². The van der Waals surface area contributed by atoms with Gasteiger partial charge in [0.15, 0.2) is 5.78 Å². The Balaban J connectivity index is 1.61. The molecular weight excluding hydrogens is 359 g/mol. The molecule has 0 aromatic heterocycles. The lowest BCUT2D eigenvalue weighted by atomic mass is 10.1. The molecule has 1 N–H and O–H groups in total. The number of hydrogen-bond acceptors (Lipinski definition) is 4. The van der Waals surface area contributed by atoms with Crippen molar-refractivity contribution in [2.45, 2.75) is 6.42 Å². The van der Waals surface area contributed by atoms with Gasteiger partial charge in [0.25, 0.3) is 0 Å². The average Bonchev–Trinajstić information content (AvgIpc) is 2.74. The Morgan fingerprint density at radius 3 is 2.36 bits per heavy atom. The molecule has 1 heterocycles. The van der Waals surface area contributed by atoms with Gasteiger partial charge in [-0.3, -0.25) is 9.59 Å². The van der Waals surface area contributed by atoms with E-state index in [9.17, 15) is 14.0 Å². The number of carbonyl (C=O) groups excluding carboxylic acids is 2. The average molecular weight is 382 g/mol. The summed E-state index contributed by atoms with van der Waals surface area (Å²) in [6, 6.07) is 13.8. The first kappa shape index (κ1) is 19.8. The number of halogens is 1. The number of benzene rings is 2. The Morgan fingerprint density at radius 1 is 1.00 bits per heavy atom. The van der Waals surface area contributed by atoms with Crippen LogP contribution in [0.3, 0.4) is 0 Å². The van der Waals surface area contributed by atoms with Gasteiger partial charge < -0.3 is 14.9 Å². The van der Waals surface area contributed by atoms with Gasteiger partial charge >= 0.3 is 0 Å². The quantitative estimate of drug-likeness (QED) is 0.779. The first-order valence-electron chi connectivity index (χ1n) is 9.25. The van der Waals surface area contributed by atoms with Gasteiger partial charge in [-0.15, -0.1) is 0 Å². The zero-order valence-electron chi connectivity index (χ0n) is 15.6. The van der Waals surface area contributed by atoms with Gasteiger partial charge in [-0.05, 0) is 41.5 Å². The molecule has 0 radical (unpaired) electrons. The molecule has 1 amide bonds. The molecule has 1 saturated heterocycles. The molecule has 1 aliphatic heterocycles. The second-order valence-electron chi connectivity index (χ2n) is 6.69. The Bertz CT molecular complexity index is 856. The number of ketones is 1. The van der Waals surface area contributed by atoms with Crippen LogP contribution in [0.5, 0.6) is 0 Å². The number of aliphatic hydroxyl groups is 1. The normalized spacial score (nSPS) is 14.5. The van der Waals surface area contributed by atoms with Crippen LogP contribution in [0.4, 0.5) is 10.1 Å². The number of hydrogen-bond donors (Lipinski definition) is 1. The van der Waals surface area contributed by atoms with E-state index in [1.165, 1.54) is 18.2 Å². The second kappa shape index (κ2) is 9.28. The van der Waals surface area contributed by atoms with Crippen molar-refractivity contribution in [3.05, 3.63) is 71.6 Å². The lowest BCUT2D eigenvalue weighted by molar-refractivity contribution is -0.130. The fourth-order valence-corrected chi connectivity index (χ4v) is 3.24. The van der Waals surface area contributed by atoms with Crippen LogP contribution >= 0.6 is 0 Å². The van der Waals surface area contributed by atoms with E-state index in [1.807, 2.05) is 29.2 Å². The molecule has 2 aromatic carbocycles. The van der Waals surface area contributed by atoms with Gasteiger partial charge in [-0.1, -0.05) is 30.3 Å². The first-order chi connectivity index (χ1) is 13.6. The monoisotopic (exact) mass is 382 g/mol. The molecule has 146 valence electrons. The van der Waals surface area contributed by atoms with Crippen molar-refractivity contribution in [2.75, 3.05) is 37.7 Å². The van der Waals surface area contributed by atoms with Crippen molar-refractivity contribution in [1.29, 1.82) is 0 Å². The van der Waals surface area contributed by atoms with E-state index in [2.05, 4.69) is 4.90 Å². The van der Waals surface area contributed by atoms with Gasteiger partial charge in [0.1, 0.15) is 12.4 Å². The molecule has 6 heteroatoms. The lowest BCUT2D eigenvalue weighted by Gasteiger charge is -2.37. The van der Waals surface area contributed by atoms with E-state index >= 15 is 0 Å². The summed E-state index contributed by atoms with van der Waals surface area (Å²) in [7, 11) is 0. The minimum Gasteiger partial charge on any atom is -0.388 e. The molecule has 5 nitrogen and oxygen atoms in total. The Morgan fingerprint density at radius 2 is 1.68 bits per heavy atom. The molecule has 0 aliphatic carbocycles. The molecule has 0 unspecified atom stereocenters. The number of aliphatic hydroxyl groups excluding tert-OH is 1. The number of piperazine rings is 1. The molecule has 2 aromatic rings. The van der Waals surface area contributed by atoms with Gasteiger partial charge in [-0.25, -0.2) is 4.39 Å². The first-order valence-corrected chi connectivity index (χ1v) is 9.25. The summed E-state index contributed by atoms with van der Waals surface area (Å²) in [6.45, 7) is 2.08. The third-order valence-electron chi connectivity index (χ3n) is 4.78. The maximum absolute atomic E-state index is 13.0.